The fraction of sp³-hybridized carbons (Fsp3) is 0.571. The van der Waals surface area contributed by atoms with Gasteiger partial charge in [-0.25, -0.2) is 0 Å². The van der Waals surface area contributed by atoms with E-state index in [1.165, 1.54) is 11.1 Å². The zero-order valence-corrected chi connectivity index (χ0v) is 10.7. The van der Waals surface area contributed by atoms with Crippen molar-refractivity contribution in [2.24, 2.45) is 5.92 Å². The minimum Gasteiger partial charge on any atom is -0.454 e. The van der Waals surface area contributed by atoms with E-state index in [1.54, 1.807) is 0 Å². The van der Waals surface area contributed by atoms with Crippen molar-refractivity contribution in [1.82, 2.24) is 4.90 Å². The summed E-state index contributed by atoms with van der Waals surface area (Å²) in [4.78, 5) is 2.39. The van der Waals surface area contributed by atoms with Gasteiger partial charge >= 0.3 is 0 Å². The van der Waals surface area contributed by atoms with Crippen molar-refractivity contribution < 1.29 is 14.6 Å². The molecule has 1 aromatic rings. The van der Waals surface area contributed by atoms with Crippen LogP contribution in [-0.2, 0) is 6.54 Å². The number of hydrogen-bond donors (Lipinski definition) is 1. The Labute approximate surface area is 107 Å². The van der Waals surface area contributed by atoms with Gasteiger partial charge in [0, 0.05) is 19.7 Å². The first-order valence-electron chi connectivity index (χ1n) is 6.48. The molecule has 4 heteroatoms. The summed E-state index contributed by atoms with van der Waals surface area (Å²) in [6.45, 7) is 5.73. The first-order chi connectivity index (χ1) is 8.76. The van der Waals surface area contributed by atoms with Gasteiger partial charge in [0.05, 0.1) is 0 Å². The SMILES string of the molecule is Cc1cc2c(cc1CN1CC[C@@H](CO)C1)OCO2. The molecule has 18 heavy (non-hydrogen) atoms. The predicted octanol–water partition coefficient (Wildman–Crippen LogP) is 1.54. The third-order valence-electron chi connectivity index (χ3n) is 3.85. The van der Waals surface area contributed by atoms with E-state index in [9.17, 15) is 0 Å². The van der Waals surface area contributed by atoms with Crippen LogP contribution >= 0.6 is 0 Å². The highest BCUT2D eigenvalue weighted by atomic mass is 16.7. The maximum atomic E-state index is 9.17. The molecule has 2 heterocycles. The summed E-state index contributed by atoms with van der Waals surface area (Å²) in [5, 5.41) is 9.17. The molecule has 0 aromatic heterocycles. The number of aryl methyl sites for hydroxylation is 1. The third kappa shape index (κ3) is 2.18. The van der Waals surface area contributed by atoms with E-state index in [4.69, 9.17) is 14.6 Å². The van der Waals surface area contributed by atoms with Gasteiger partial charge in [0.1, 0.15) is 0 Å². The quantitative estimate of drug-likeness (QED) is 0.882. The molecule has 0 spiro atoms. The Balaban J connectivity index is 1.73. The van der Waals surface area contributed by atoms with Crippen LogP contribution in [0.5, 0.6) is 11.5 Å². The number of aliphatic hydroxyl groups is 1. The van der Waals surface area contributed by atoms with Gasteiger partial charge in [-0.2, -0.15) is 0 Å². The van der Waals surface area contributed by atoms with Gasteiger partial charge in [0.15, 0.2) is 11.5 Å². The number of benzene rings is 1. The van der Waals surface area contributed by atoms with Gasteiger partial charge < -0.3 is 14.6 Å². The summed E-state index contributed by atoms with van der Waals surface area (Å²) < 4.78 is 10.8. The Morgan fingerprint density at radius 3 is 2.83 bits per heavy atom. The van der Waals surface area contributed by atoms with Crippen LogP contribution in [0.15, 0.2) is 12.1 Å². The van der Waals surface area contributed by atoms with Gasteiger partial charge in [-0.05, 0) is 49.1 Å². The van der Waals surface area contributed by atoms with Gasteiger partial charge in [-0.15, -0.1) is 0 Å². The van der Waals surface area contributed by atoms with E-state index in [-0.39, 0.29) is 0 Å². The number of ether oxygens (including phenoxy) is 2. The van der Waals surface area contributed by atoms with E-state index in [0.29, 0.717) is 19.3 Å². The van der Waals surface area contributed by atoms with E-state index in [2.05, 4.69) is 24.0 Å². The second kappa shape index (κ2) is 4.78. The number of hydrogen-bond acceptors (Lipinski definition) is 4. The average molecular weight is 249 g/mol. The predicted molar refractivity (Wildman–Crippen MR) is 67.8 cm³/mol. The summed E-state index contributed by atoms with van der Waals surface area (Å²) in [7, 11) is 0. The minimum absolute atomic E-state index is 0.302. The van der Waals surface area contributed by atoms with Gasteiger partial charge in [0.25, 0.3) is 0 Å². The second-order valence-electron chi connectivity index (χ2n) is 5.20. The second-order valence-corrected chi connectivity index (χ2v) is 5.20. The number of rotatable bonds is 3. The molecule has 3 rings (SSSR count). The van der Waals surface area contributed by atoms with Gasteiger partial charge in [-0.1, -0.05) is 0 Å². The minimum atomic E-state index is 0.302. The molecular formula is C14H19NO3. The number of nitrogens with zero attached hydrogens (tertiary/aromatic N) is 1. The molecule has 98 valence electrons. The Hall–Kier alpha value is -1.26. The molecule has 0 unspecified atom stereocenters. The standard InChI is InChI=1S/C14H19NO3/c1-10-4-13-14(18-9-17-13)5-12(10)7-15-3-2-11(6-15)8-16/h4-5,11,16H,2-3,6-9H2,1H3/t11-/m1/s1. The Kier molecular flexibility index (Phi) is 3.14. The van der Waals surface area contributed by atoms with Crippen LogP contribution < -0.4 is 9.47 Å². The lowest BCUT2D eigenvalue weighted by atomic mass is 10.1. The number of likely N-dealkylation sites (tertiary alicyclic amines) is 1. The molecule has 1 saturated heterocycles. The van der Waals surface area contributed by atoms with Crippen molar-refractivity contribution in [1.29, 1.82) is 0 Å². The highest BCUT2D eigenvalue weighted by Gasteiger charge is 2.23. The zero-order valence-electron chi connectivity index (χ0n) is 10.7. The van der Waals surface area contributed by atoms with Crippen LogP contribution in [0, 0.1) is 12.8 Å². The van der Waals surface area contributed by atoms with Crippen molar-refractivity contribution >= 4 is 0 Å². The first kappa shape index (κ1) is 11.8. The molecule has 1 atom stereocenters. The maximum absolute atomic E-state index is 9.17. The molecule has 1 aromatic carbocycles. The number of fused-ring (bicyclic) bond motifs is 1. The van der Waals surface area contributed by atoms with E-state index < -0.39 is 0 Å². The molecule has 0 saturated carbocycles. The first-order valence-corrected chi connectivity index (χ1v) is 6.48. The average Bonchev–Trinajstić information content (AvgIpc) is 2.98. The maximum Gasteiger partial charge on any atom is 0.231 e. The molecule has 2 aliphatic rings. The summed E-state index contributed by atoms with van der Waals surface area (Å²) in [5.41, 5.74) is 2.53. The molecule has 1 fully saturated rings. The normalized spacial score (nSPS) is 22.7. The topological polar surface area (TPSA) is 41.9 Å². The van der Waals surface area contributed by atoms with Crippen molar-refractivity contribution in [3.05, 3.63) is 23.3 Å². The summed E-state index contributed by atoms with van der Waals surface area (Å²) in [5.74, 6) is 2.15. The zero-order chi connectivity index (χ0) is 12.5. The van der Waals surface area contributed by atoms with Crippen LogP contribution in [0.4, 0.5) is 0 Å². The van der Waals surface area contributed by atoms with Crippen molar-refractivity contribution in [2.45, 2.75) is 19.9 Å². The molecule has 1 N–H and O–H groups in total. The Morgan fingerprint density at radius 2 is 2.11 bits per heavy atom. The highest BCUT2D eigenvalue weighted by Crippen LogP contribution is 2.35. The summed E-state index contributed by atoms with van der Waals surface area (Å²) in [6.07, 6.45) is 1.10. The lowest BCUT2D eigenvalue weighted by Crippen LogP contribution is -2.21. The smallest absolute Gasteiger partial charge is 0.231 e. The summed E-state index contributed by atoms with van der Waals surface area (Å²) >= 11 is 0. The van der Waals surface area contributed by atoms with E-state index in [0.717, 1.165) is 37.6 Å². The molecule has 0 aliphatic carbocycles. The Bertz CT molecular complexity index is 447. The Morgan fingerprint density at radius 1 is 1.33 bits per heavy atom. The van der Waals surface area contributed by atoms with Crippen molar-refractivity contribution in [3.8, 4) is 11.5 Å². The van der Waals surface area contributed by atoms with Crippen molar-refractivity contribution in [3.63, 3.8) is 0 Å². The lowest BCUT2D eigenvalue weighted by molar-refractivity contribution is 0.174. The highest BCUT2D eigenvalue weighted by molar-refractivity contribution is 5.48. The van der Waals surface area contributed by atoms with Crippen LogP contribution in [0.2, 0.25) is 0 Å². The molecule has 4 nitrogen and oxygen atoms in total. The molecule has 0 bridgehead atoms. The van der Waals surface area contributed by atoms with E-state index >= 15 is 0 Å². The number of aliphatic hydroxyl groups excluding tert-OH is 1. The largest absolute Gasteiger partial charge is 0.454 e. The van der Waals surface area contributed by atoms with Crippen LogP contribution in [0.1, 0.15) is 17.5 Å². The molecule has 0 radical (unpaired) electrons. The monoisotopic (exact) mass is 249 g/mol. The van der Waals surface area contributed by atoms with Crippen molar-refractivity contribution in [2.75, 3.05) is 26.5 Å². The fourth-order valence-electron chi connectivity index (χ4n) is 2.70. The summed E-state index contributed by atoms with van der Waals surface area (Å²) in [6, 6.07) is 4.14. The van der Waals surface area contributed by atoms with E-state index in [1.807, 2.05) is 0 Å². The third-order valence-corrected chi connectivity index (χ3v) is 3.85. The molecule has 2 aliphatic heterocycles. The van der Waals surface area contributed by atoms with Crippen LogP contribution in [-0.4, -0.2) is 36.5 Å². The fourth-order valence-corrected chi connectivity index (χ4v) is 2.70. The van der Waals surface area contributed by atoms with Crippen LogP contribution in [0.25, 0.3) is 0 Å². The molecule has 0 amide bonds. The molecular weight excluding hydrogens is 230 g/mol. The van der Waals surface area contributed by atoms with Gasteiger partial charge in [0.2, 0.25) is 6.79 Å². The van der Waals surface area contributed by atoms with Gasteiger partial charge in [-0.3, -0.25) is 4.90 Å². The lowest BCUT2D eigenvalue weighted by Gasteiger charge is -2.17. The van der Waals surface area contributed by atoms with Crippen LogP contribution in [0.3, 0.4) is 0 Å².